The molecule has 0 aliphatic carbocycles. The van der Waals surface area contributed by atoms with E-state index in [-0.39, 0.29) is 17.8 Å². The number of aryl methyl sites for hydroxylation is 1. The summed E-state index contributed by atoms with van der Waals surface area (Å²) in [6.45, 7) is 5.66. The minimum atomic E-state index is -0.115. The van der Waals surface area contributed by atoms with Gasteiger partial charge in [-0.3, -0.25) is 4.79 Å². The summed E-state index contributed by atoms with van der Waals surface area (Å²) in [7, 11) is 3.15. The lowest BCUT2D eigenvalue weighted by Crippen LogP contribution is -2.18. The Morgan fingerprint density at radius 3 is 2.86 bits per heavy atom. The number of thioether (sulfide) groups is 1. The van der Waals surface area contributed by atoms with Crippen LogP contribution in [0.4, 0.5) is 5.69 Å². The van der Waals surface area contributed by atoms with Crippen molar-refractivity contribution >= 4 is 23.4 Å². The fourth-order valence-corrected chi connectivity index (χ4v) is 4.06. The molecule has 1 aliphatic heterocycles. The molecule has 1 aromatic carbocycles. The van der Waals surface area contributed by atoms with Gasteiger partial charge in [0.2, 0.25) is 5.91 Å². The summed E-state index contributed by atoms with van der Waals surface area (Å²) in [6.07, 6.45) is 2.40. The van der Waals surface area contributed by atoms with Crippen molar-refractivity contribution in [2.24, 2.45) is 0 Å². The van der Waals surface area contributed by atoms with E-state index in [0.717, 1.165) is 42.5 Å². The molecule has 2 heterocycles. The van der Waals surface area contributed by atoms with Crippen LogP contribution in [0.1, 0.15) is 24.2 Å². The second-order valence-electron chi connectivity index (χ2n) is 6.71. The normalized spacial score (nSPS) is 16.2. The zero-order valence-corrected chi connectivity index (χ0v) is 17.6. The van der Waals surface area contributed by atoms with Gasteiger partial charge in [-0.15, -0.1) is 0 Å². The number of carbonyl (C=O) groups excluding carboxylic acids is 1. The maximum absolute atomic E-state index is 12.5. The molecule has 1 saturated heterocycles. The highest BCUT2D eigenvalue weighted by atomic mass is 32.2. The van der Waals surface area contributed by atoms with Gasteiger partial charge in [-0.25, -0.2) is 4.98 Å². The largest absolute Gasteiger partial charge is 0.497 e. The molecule has 7 nitrogen and oxygen atoms in total. The van der Waals surface area contributed by atoms with Crippen molar-refractivity contribution in [3.8, 4) is 11.5 Å². The summed E-state index contributed by atoms with van der Waals surface area (Å²) < 4.78 is 18.4. The molecule has 1 atom stereocenters. The summed E-state index contributed by atoms with van der Waals surface area (Å²) in [5.74, 6) is 1.38. The number of carbonyl (C=O) groups is 1. The minimum absolute atomic E-state index is 0.115. The molecule has 0 bridgehead atoms. The second kappa shape index (κ2) is 9.34. The van der Waals surface area contributed by atoms with Crippen molar-refractivity contribution in [3.05, 3.63) is 29.6 Å². The van der Waals surface area contributed by atoms with Gasteiger partial charge in [0.25, 0.3) is 0 Å². The molecule has 152 valence electrons. The van der Waals surface area contributed by atoms with Gasteiger partial charge < -0.3 is 24.1 Å². The number of aromatic nitrogens is 2. The molecule has 1 aliphatic rings. The van der Waals surface area contributed by atoms with E-state index in [1.54, 1.807) is 32.4 Å². The predicted octanol–water partition coefficient (Wildman–Crippen LogP) is 3.43. The van der Waals surface area contributed by atoms with Crippen molar-refractivity contribution in [1.29, 1.82) is 0 Å². The van der Waals surface area contributed by atoms with Crippen LogP contribution in [-0.4, -0.2) is 48.1 Å². The molecule has 0 saturated carbocycles. The van der Waals surface area contributed by atoms with E-state index in [0.29, 0.717) is 17.2 Å². The average molecular weight is 406 g/mol. The van der Waals surface area contributed by atoms with Gasteiger partial charge in [-0.05, 0) is 38.8 Å². The van der Waals surface area contributed by atoms with E-state index in [1.807, 2.05) is 6.92 Å². The maximum Gasteiger partial charge on any atom is 0.234 e. The average Bonchev–Trinajstić information content (AvgIpc) is 3.30. The molecule has 8 heteroatoms. The molecule has 1 amide bonds. The van der Waals surface area contributed by atoms with E-state index in [1.165, 1.54) is 11.8 Å². The lowest BCUT2D eigenvalue weighted by Gasteiger charge is -2.15. The molecule has 1 aromatic heterocycles. The Bertz CT molecular complexity index is 831. The maximum atomic E-state index is 12.5. The molecule has 0 spiro atoms. The lowest BCUT2D eigenvalue weighted by molar-refractivity contribution is -0.113. The SMILES string of the molecule is COc1ccc(NC(=O)CSc2nc(C)c(C)n2CC2CCCO2)c(OC)c1. The monoisotopic (exact) mass is 405 g/mol. The topological polar surface area (TPSA) is 74.6 Å². The van der Waals surface area contributed by atoms with Gasteiger partial charge in [-0.2, -0.15) is 0 Å². The summed E-state index contributed by atoms with van der Waals surface area (Å²) in [5, 5.41) is 3.74. The third-order valence-electron chi connectivity index (χ3n) is 4.85. The number of hydrogen-bond donors (Lipinski definition) is 1. The van der Waals surface area contributed by atoms with Crippen molar-refractivity contribution in [1.82, 2.24) is 9.55 Å². The fraction of sp³-hybridized carbons (Fsp3) is 0.500. The summed E-state index contributed by atoms with van der Waals surface area (Å²) in [4.78, 5) is 17.1. The lowest BCUT2D eigenvalue weighted by atomic mass is 10.2. The van der Waals surface area contributed by atoms with E-state index in [4.69, 9.17) is 14.2 Å². The smallest absolute Gasteiger partial charge is 0.234 e. The van der Waals surface area contributed by atoms with E-state index < -0.39 is 0 Å². The summed E-state index contributed by atoms with van der Waals surface area (Å²) in [6, 6.07) is 5.29. The first kappa shape index (κ1) is 20.5. The fourth-order valence-electron chi connectivity index (χ4n) is 3.16. The zero-order valence-electron chi connectivity index (χ0n) is 16.8. The predicted molar refractivity (Wildman–Crippen MR) is 110 cm³/mol. The van der Waals surface area contributed by atoms with E-state index >= 15 is 0 Å². The highest BCUT2D eigenvalue weighted by Gasteiger charge is 2.21. The summed E-state index contributed by atoms with van der Waals surface area (Å²) >= 11 is 1.43. The minimum Gasteiger partial charge on any atom is -0.497 e. The Morgan fingerprint density at radius 1 is 1.36 bits per heavy atom. The van der Waals surface area contributed by atoms with Crippen LogP contribution < -0.4 is 14.8 Å². The van der Waals surface area contributed by atoms with Gasteiger partial charge in [-0.1, -0.05) is 11.8 Å². The standard InChI is InChI=1S/C20H27N3O4S/c1-13-14(2)23(11-16-6-5-9-27-16)20(21-13)28-12-19(24)22-17-8-7-15(25-3)10-18(17)26-4/h7-8,10,16H,5-6,9,11-12H2,1-4H3,(H,22,24). The van der Waals surface area contributed by atoms with Crippen molar-refractivity contribution in [2.75, 3.05) is 31.9 Å². The van der Waals surface area contributed by atoms with E-state index in [9.17, 15) is 4.79 Å². The van der Waals surface area contributed by atoms with E-state index in [2.05, 4.69) is 21.8 Å². The Morgan fingerprint density at radius 2 is 2.18 bits per heavy atom. The third kappa shape index (κ3) is 4.80. The Labute approximate surface area is 169 Å². The number of rotatable bonds is 8. The molecule has 1 N–H and O–H groups in total. The van der Waals surface area contributed by atoms with Crippen LogP contribution in [0.15, 0.2) is 23.4 Å². The van der Waals surface area contributed by atoms with Gasteiger partial charge in [0.05, 0.1) is 44.0 Å². The first-order valence-corrected chi connectivity index (χ1v) is 10.3. The number of nitrogens with zero attached hydrogens (tertiary/aromatic N) is 2. The van der Waals surface area contributed by atoms with Crippen LogP contribution in [0.5, 0.6) is 11.5 Å². The number of ether oxygens (including phenoxy) is 3. The first-order chi connectivity index (χ1) is 13.5. The molecule has 1 fully saturated rings. The van der Waals surface area contributed by atoms with Crippen LogP contribution >= 0.6 is 11.8 Å². The number of nitrogens with one attached hydrogen (secondary N) is 1. The van der Waals surface area contributed by atoms with Crippen LogP contribution in [-0.2, 0) is 16.1 Å². The number of hydrogen-bond acceptors (Lipinski definition) is 6. The third-order valence-corrected chi connectivity index (χ3v) is 5.82. The molecule has 3 rings (SSSR count). The quantitative estimate of drug-likeness (QED) is 0.679. The molecule has 1 unspecified atom stereocenters. The number of amides is 1. The first-order valence-electron chi connectivity index (χ1n) is 9.31. The van der Waals surface area contributed by atoms with Crippen LogP contribution in [0.2, 0.25) is 0 Å². The number of methoxy groups -OCH3 is 2. The Kier molecular flexibility index (Phi) is 6.85. The highest BCUT2D eigenvalue weighted by Crippen LogP contribution is 2.30. The highest BCUT2D eigenvalue weighted by molar-refractivity contribution is 7.99. The number of benzene rings is 1. The van der Waals surface area contributed by atoms with Gasteiger partial charge in [0, 0.05) is 18.4 Å². The van der Waals surface area contributed by atoms with Gasteiger partial charge >= 0.3 is 0 Å². The number of anilines is 1. The molecular weight excluding hydrogens is 378 g/mol. The molecule has 28 heavy (non-hydrogen) atoms. The van der Waals surface area contributed by atoms with Crippen LogP contribution in [0.25, 0.3) is 0 Å². The van der Waals surface area contributed by atoms with Crippen molar-refractivity contribution in [2.45, 2.75) is 44.5 Å². The summed E-state index contributed by atoms with van der Waals surface area (Å²) in [5.41, 5.74) is 2.72. The molecule has 0 radical (unpaired) electrons. The van der Waals surface area contributed by atoms with Crippen LogP contribution in [0, 0.1) is 13.8 Å². The van der Waals surface area contributed by atoms with Crippen molar-refractivity contribution < 1.29 is 19.0 Å². The second-order valence-corrected chi connectivity index (χ2v) is 7.66. The molecule has 2 aromatic rings. The Hall–Kier alpha value is -2.19. The number of imidazole rings is 1. The van der Waals surface area contributed by atoms with Crippen molar-refractivity contribution in [3.63, 3.8) is 0 Å². The zero-order chi connectivity index (χ0) is 20.1. The Balaban J connectivity index is 1.64. The van der Waals surface area contributed by atoms with Gasteiger partial charge in [0.15, 0.2) is 5.16 Å². The molecular formula is C20H27N3O4S. The van der Waals surface area contributed by atoms with Gasteiger partial charge in [0.1, 0.15) is 11.5 Å². The van der Waals surface area contributed by atoms with Crippen LogP contribution in [0.3, 0.4) is 0 Å².